The Morgan fingerprint density at radius 1 is 0.750 bits per heavy atom. The summed E-state index contributed by atoms with van der Waals surface area (Å²) in [7, 11) is 1.21. The molecule has 0 saturated heterocycles. The molecule has 20 heavy (non-hydrogen) atoms. The quantitative estimate of drug-likeness (QED) is 0.575. The van der Waals surface area contributed by atoms with Crippen LogP contribution in [0.3, 0.4) is 0 Å². The van der Waals surface area contributed by atoms with Crippen LogP contribution in [0.25, 0.3) is 0 Å². The first-order chi connectivity index (χ1) is 9.34. The van der Waals surface area contributed by atoms with E-state index in [2.05, 4.69) is 0 Å². The molecule has 0 saturated carbocycles. The third-order valence-corrected chi connectivity index (χ3v) is 3.41. The molecule has 0 spiro atoms. The number of rotatable bonds is 10. The second-order valence-electron chi connectivity index (χ2n) is 4.98. The van der Waals surface area contributed by atoms with E-state index in [9.17, 15) is 19.2 Å². The molecule has 0 radical (unpaired) electrons. The highest BCUT2D eigenvalue weighted by Crippen LogP contribution is 2.35. The van der Waals surface area contributed by atoms with Gasteiger partial charge in [-0.25, -0.2) is 0 Å². The van der Waals surface area contributed by atoms with Gasteiger partial charge in [0, 0.05) is 38.5 Å². The second kappa shape index (κ2) is 8.61. The highest BCUT2D eigenvalue weighted by molar-refractivity contribution is 5.95. The maximum Gasteiger partial charge on any atom is 0.313 e. The number of Topliss-reactive ketones (excluding diaryl/α,β-unsaturated/α-hetero) is 3. The van der Waals surface area contributed by atoms with Crippen LogP contribution in [0.2, 0.25) is 0 Å². The topological polar surface area (TPSA) is 77.5 Å². The predicted molar refractivity (Wildman–Crippen MR) is 74.2 cm³/mol. The maximum atomic E-state index is 12.1. The minimum absolute atomic E-state index is 0.117. The molecule has 0 aliphatic rings. The van der Waals surface area contributed by atoms with Gasteiger partial charge in [0.05, 0.1) is 12.5 Å². The van der Waals surface area contributed by atoms with Gasteiger partial charge in [-0.2, -0.15) is 0 Å². The van der Waals surface area contributed by atoms with Crippen LogP contribution in [0, 0.1) is 5.41 Å². The van der Waals surface area contributed by atoms with E-state index in [4.69, 9.17) is 4.74 Å². The summed E-state index contributed by atoms with van der Waals surface area (Å²) >= 11 is 0. The lowest BCUT2D eigenvalue weighted by molar-refractivity contribution is -0.159. The molecule has 0 aliphatic carbocycles. The Morgan fingerprint density at radius 2 is 1.05 bits per heavy atom. The van der Waals surface area contributed by atoms with Crippen molar-refractivity contribution >= 4 is 23.3 Å². The molecule has 0 fully saturated rings. The Kier molecular flexibility index (Phi) is 7.96. The number of hydrogen-bond acceptors (Lipinski definition) is 5. The van der Waals surface area contributed by atoms with E-state index in [-0.39, 0.29) is 55.9 Å². The number of esters is 1. The van der Waals surface area contributed by atoms with Gasteiger partial charge in [-0.15, -0.1) is 0 Å². The van der Waals surface area contributed by atoms with Gasteiger partial charge in [-0.1, -0.05) is 20.8 Å². The third-order valence-electron chi connectivity index (χ3n) is 3.41. The van der Waals surface area contributed by atoms with Crippen LogP contribution < -0.4 is 0 Å². The van der Waals surface area contributed by atoms with Crippen molar-refractivity contribution in [1.29, 1.82) is 0 Å². The molecule has 0 aromatic rings. The zero-order valence-electron chi connectivity index (χ0n) is 12.8. The largest absolute Gasteiger partial charge is 0.469 e. The lowest BCUT2D eigenvalue weighted by Crippen LogP contribution is -2.39. The molecule has 0 rings (SSSR count). The Labute approximate surface area is 120 Å². The molecule has 0 aliphatic heterocycles. The van der Waals surface area contributed by atoms with E-state index in [1.807, 2.05) is 0 Å². The Balaban J connectivity index is 5.48. The van der Waals surface area contributed by atoms with Crippen molar-refractivity contribution in [3.8, 4) is 0 Å². The second-order valence-corrected chi connectivity index (χ2v) is 4.98. The normalized spacial score (nSPS) is 11.0. The van der Waals surface area contributed by atoms with E-state index in [0.29, 0.717) is 0 Å². The van der Waals surface area contributed by atoms with Gasteiger partial charge in [-0.05, 0) is 0 Å². The van der Waals surface area contributed by atoms with Crippen LogP contribution in [-0.4, -0.2) is 30.4 Å². The van der Waals surface area contributed by atoms with Crippen molar-refractivity contribution < 1.29 is 23.9 Å². The van der Waals surface area contributed by atoms with Gasteiger partial charge < -0.3 is 4.74 Å². The van der Waals surface area contributed by atoms with Crippen molar-refractivity contribution in [3.63, 3.8) is 0 Å². The van der Waals surface area contributed by atoms with Crippen LogP contribution in [-0.2, 0) is 23.9 Å². The average molecular weight is 284 g/mol. The van der Waals surface area contributed by atoms with Gasteiger partial charge in [0.2, 0.25) is 0 Å². The molecule has 0 N–H and O–H groups in total. The summed E-state index contributed by atoms with van der Waals surface area (Å²) in [6.45, 7) is 5.06. The van der Waals surface area contributed by atoms with Gasteiger partial charge in [0.25, 0.3) is 0 Å². The van der Waals surface area contributed by atoms with Crippen molar-refractivity contribution in [1.82, 2.24) is 0 Å². The van der Waals surface area contributed by atoms with E-state index < -0.39 is 11.4 Å². The van der Waals surface area contributed by atoms with Crippen molar-refractivity contribution in [2.24, 2.45) is 5.41 Å². The van der Waals surface area contributed by atoms with Gasteiger partial charge >= 0.3 is 5.97 Å². The first-order valence-corrected chi connectivity index (χ1v) is 6.98. The number of hydrogen-bond donors (Lipinski definition) is 0. The van der Waals surface area contributed by atoms with Crippen molar-refractivity contribution in [2.75, 3.05) is 7.11 Å². The molecule has 0 unspecified atom stereocenters. The highest BCUT2D eigenvalue weighted by atomic mass is 16.5. The standard InChI is InChI=1S/C15H24O5/c1-5-11(16)8-15(14(19)20-4,9-12(17)6-2)10-13(18)7-3/h5-10H2,1-4H3. The lowest BCUT2D eigenvalue weighted by atomic mass is 9.73. The molecule has 0 amide bonds. The van der Waals surface area contributed by atoms with Crippen LogP contribution in [0.4, 0.5) is 0 Å². The van der Waals surface area contributed by atoms with E-state index in [1.54, 1.807) is 20.8 Å². The fraction of sp³-hybridized carbons (Fsp3) is 0.733. The van der Waals surface area contributed by atoms with Crippen LogP contribution in [0.1, 0.15) is 59.3 Å². The van der Waals surface area contributed by atoms with E-state index in [1.165, 1.54) is 7.11 Å². The Hall–Kier alpha value is -1.52. The summed E-state index contributed by atoms with van der Waals surface area (Å²) in [6, 6.07) is 0. The van der Waals surface area contributed by atoms with Gasteiger partial charge in [-0.3, -0.25) is 19.2 Å². The highest BCUT2D eigenvalue weighted by Gasteiger charge is 2.44. The molecule has 0 aromatic carbocycles. The summed E-state index contributed by atoms with van der Waals surface area (Å²) in [5.74, 6) is -1.10. The molecule has 0 heterocycles. The minimum Gasteiger partial charge on any atom is -0.469 e. The van der Waals surface area contributed by atoms with E-state index in [0.717, 1.165) is 0 Å². The van der Waals surface area contributed by atoms with Crippen molar-refractivity contribution in [3.05, 3.63) is 0 Å². The molecule has 5 heteroatoms. The monoisotopic (exact) mass is 284 g/mol. The molecule has 0 atom stereocenters. The summed E-state index contributed by atoms with van der Waals surface area (Å²) in [5.41, 5.74) is -1.33. The smallest absolute Gasteiger partial charge is 0.313 e. The van der Waals surface area contributed by atoms with Crippen LogP contribution in [0.5, 0.6) is 0 Å². The Morgan fingerprint density at radius 3 is 1.25 bits per heavy atom. The lowest BCUT2D eigenvalue weighted by Gasteiger charge is -2.29. The van der Waals surface area contributed by atoms with Crippen LogP contribution in [0.15, 0.2) is 0 Å². The molecular formula is C15H24O5. The SMILES string of the molecule is CCC(=O)CC(CC(=O)CC)(CC(=O)CC)C(=O)OC. The summed E-state index contributed by atoms with van der Waals surface area (Å²) in [5, 5.41) is 0. The number of ketones is 3. The Bertz CT molecular complexity index is 338. The molecule has 114 valence electrons. The summed E-state index contributed by atoms with van der Waals surface area (Å²) < 4.78 is 4.76. The molecular weight excluding hydrogens is 260 g/mol. The fourth-order valence-electron chi connectivity index (χ4n) is 2.13. The number of ether oxygens (including phenoxy) is 1. The molecule has 0 bridgehead atoms. The zero-order valence-corrected chi connectivity index (χ0v) is 12.8. The van der Waals surface area contributed by atoms with Crippen LogP contribution >= 0.6 is 0 Å². The summed E-state index contributed by atoms with van der Waals surface area (Å²) in [4.78, 5) is 47.4. The van der Waals surface area contributed by atoms with Gasteiger partial charge in [0.15, 0.2) is 0 Å². The van der Waals surface area contributed by atoms with E-state index >= 15 is 0 Å². The average Bonchev–Trinajstić information content (AvgIpc) is 2.45. The molecule has 0 aromatic heterocycles. The third kappa shape index (κ3) is 5.23. The number of carbonyl (C=O) groups is 4. The summed E-state index contributed by atoms with van der Waals surface area (Å²) in [6.07, 6.45) is 0.438. The van der Waals surface area contributed by atoms with Gasteiger partial charge in [0.1, 0.15) is 17.3 Å². The predicted octanol–water partition coefficient (Wildman–Crippen LogP) is 2.25. The maximum absolute atomic E-state index is 12.1. The molecule has 5 nitrogen and oxygen atoms in total. The number of methoxy groups -OCH3 is 1. The zero-order chi connectivity index (χ0) is 15.8. The number of carbonyl (C=O) groups excluding carboxylic acids is 4. The fourth-order valence-corrected chi connectivity index (χ4v) is 2.13. The first kappa shape index (κ1) is 18.5. The van der Waals surface area contributed by atoms with Crippen molar-refractivity contribution in [2.45, 2.75) is 59.3 Å². The minimum atomic E-state index is -1.33. The first-order valence-electron chi connectivity index (χ1n) is 6.98.